The van der Waals surface area contributed by atoms with Gasteiger partial charge in [0.25, 0.3) is 0 Å². The highest BCUT2D eigenvalue weighted by Gasteiger charge is 2.47. The Kier molecular flexibility index (Phi) is 5.53. The zero-order chi connectivity index (χ0) is 19.8. The minimum atomic E-state index is -0.988. The van der Waals surface area contributed by atoms with Gasteiger partial charge in [-0.1, -0.05) is 75.3 Å². The van der Waals surface area contributed by atoms with Crippen LogP contribution >= 0.6 is 11.3 Å². The number of rotatable bonds is 5. The van der Waals surface area contributed by atoms with E-state index in [-0.39, 0.29) is 11.4 Å². The second kappa shape index (κ2) is 7.56. The number of hydrogen-bond donors (Lipinski definition) is 1. The van der Waals surface area contributed by atoms with Crippen LogP contribution in [0.1, 0.15) is 62.7 Å². The van der Waals surface area contributed by atoms with Gasteiger partial charge in [-0.05, 0) is 18.9 Å². The Morgan fingerprint density at radius 2 is 1.85 bits per heavy atom. The topological polar surface area (TPSA) is 69.6 Å². The molecule has 27 heavy (non-hydrogen) atoms. The minimum absolute atomic E-state index is 0.151. The molecule has 0 unspecified atom stereocenters. The van der Waals surface area contributed by atoms with Crippen LogP contribution in [0.2, 0.25) is 0 Å². The monoisotopic (exact) mass is 388 g/mol. The van der Waals surface area contributed by atoms with Crippen molar-refractivity contribution in [2.75, 3.05) is 11.4 Å². The van der Waals surface area contributed by atoms with Crippen molar-refractivity contribution in [3.05, 3.63) is 40.4 Å². The molecule has 2 aromatic rings. The van der Waals surface area contributed by atoms with Crippen molar-refractivity contribution < 1.29 is 9.90 Å². The summed E-state index contributed by atoms with van der Waals surface area (Å²) in [5.74, 6) is 0. The quantitative estimate of drug-likeness (QED) is 0.831. The first-order valence-corrected chi connectivity index (χ1v) is 10.2. The summed E-state index contributed by atoms with van der Waals surface area (Å²) in [7, 11) is 0. The molecule has 1 saturated heterocycles. The number of hydrogen-bond acceptors (Lipinski definition) is 5. The Balaban J connectivity index is 1.97. The lowest BCUT2D eigenvalue weighted by molar-refractivity contribution is 0.118. The lowest BCUT2D eigenvalue weighted by Gasteiger charge is -2.24. The molecule has 3 rings (SSSR count). The number of unbranched alkanes of at least 4 members (excludes halogenated alkanes) is 1. The van der Waals surface area contributed by atoms with E-state index in [9.17, 15) is 9.90 Å². The van der Waals surface area contributed by atoms with Gasteiger partial charge in [0.1, 0.15) is 11.0 Å². The molecule has 1 aromatic heterocycles. The van der Waals surface area contributed by atoms with Crippen LogP contribution in [-0.4, -0.2) is 39.0 Å². The SMILES string of the molecule is CCCCN1C(=O)N(c2nnc(C(C)(C)C)s2)[C@@H](O)[C@H]1c1ccc(C)cc1. The summed E-state index contributed by atoms with van der Waals surface area (Å²) >= 11 is 1.37. The fourth-order valence-corrected chi connectivity index (χ4v) is 4.09. The average molecular weight is 389 g/mol. The normalized spacial score (nSPS) is 20.6. The first kappa shape index (κ1) is 19.8. The zero-order valence-electron chi connectivity index (χ0n) is 16.6. The van der Waals surface area contributed by atoms with Gasteiger partial charge in [0.2, 0.25) is 5.13 Å². The van der Waals surface area contributed by atoms with Crippen LogP contribution in [-0.2, 0) is 5.41 Å². The number of nitrogens with zero attached hydrogens (tertiary/aromatic N) is 4. The fraction of sp³-hybridized carbons (Fsp3) is 0.550. The predicted molar refractivity (Wildman–Crippen MR) is 108 cm³/mol. The van der Waals surface area contributed by atoms with Crippen molar-refractivity contribution in [3.63, 3.8) is 0 Å². The summed E-state index contributed by atoms with van der Waals surface area (Å²) in [6.07, 6.45) is 0.878. The molecule has 2 heterocycles. The Labute approximate surface area is 164 Å². The number of benzene rings is 1. The van der Waals surface area contributed by atoms with Crippen LogP contribution in [0, 0.1) is 6.92 Å². The highest BCUT2D eigenvalue weighted by molar-refractivity contribution is 7.15. The standard InChI is InChI=1S/C20H28N4O2S/c1-6-7-12-23-15(14-10-8-13(2)9-11-14)16(25)24(19(23)26)18-22-21-17(27-18)20(3,4)5/h8-11,15-16,25H,6-7,12H2,1-5H3/t15-,16+/m1/s1. The van der Waals surface area contributed by atoms with E-state index in [4.69, 9.17) is 0 Å². The van der Waals surface area contributed by atoms with Crippen molar-refractivity contribution in [3.8, 4) is 0 Å². The Hall–Kier alpha value is -1.99. The molecule has 2 amide bonds. The van der Waals surface area contributed by atoms with Crippen LogP contribution in [0.15, 0.2) is 24.3 Å². The molecule has 0 radical (unpaired) electrons. The summed E-state index contributed by atoms with van der Waals surface area (Å²) in [5, 5.41) is 20.8. The zero-order valence-corrected chi connectivity index (χ0v) is 17.5. The van der Waals surface area contributed by atoms with Gasteiger partial charge in [-0.2, -0.15) is 0 Å². The molecular weight excluding hydrogens is 360 g/mol. The number of aliphatic hydroxyl groups is 1. The van der Waals surface area contributed by atoms with Gasteiger partial charge in [-0.15, -0.1) is 10.2 Å². The van der Waals surface area contributed by atoms with E-state index in [0.717, 1.165) is 29.0 Å². The smallest absolute Gasteiger partial charge is 0.329 e. The number of anilines is 1. The maximum Gasteiger partial charge on any atom is 0.329 e. The molecule has 7 heteroatoms. The number of carbonyl (C=O) groups is 1. The van der Waals surface area contributed by atoms with E-state index in [1.54, 1.807) is 4.90 Å². The number of aryl methyl sites for hydroxylation is 1. The van der Waals surface area contributed by atoms with Crippen LogP contribution < -0.4 is 4.90 Å². The Bertz CT molecular complexity index is 797. The third-order valence-electron chi connectivity index (χ3n) is 4.77. The summed E-state index contributed by atoms with van der Waals surface area (Å²) in [6, 6.07) is 7.37. The van der Waals surface area contributed by atoms with E-state index >= 15 is 0 Å². The fourth-order valence-electron chi connectivity index (χ4n) is 3.16. The Morgan fingerprint density at radius 1 is 1.19 bits per heavy atom. The van der Waals surface area contributed by atoms with Gasteiger partial charge in [0.05, 0.1) is 0 Å². The van der Waals surface area contributed by atoms with E-state index in [0.29, 0.717) is 11.7 Å². The highest BCUT2D eigenvalue weighted by Crippen LogP contribution is 2.40. The molecule has 6 nitrogen and oxygen atoms in total. The Morgan fingerprint density at radius 3 is 2.41 bits per heavy atom. The van der Waals surface area contributed by atoms with Crippen molar-refractivity contribution in [1.29, 1.82) is 0 Å². The molecule has 1 aliphatic heterocycles. The van der Waals surface area contributed by atoms with Gasteiger partial charge in [0, 0.05) is 12.0 Å². The first-order chi connectivity index (χ1) is 12.7. The molecule has 1 aromatic carbocycles. The molecule has 146 valence electrons. The van der Waals surface area contributed by atoms with Crippen LogP contribution in [0.3, 0.4) is 0 Å². The maximum atomic E-state index is 13.2. The van der Waals surface area contributed by atoms with E-state index in [1.807, 2.05) is 31.2 Å². The minimum Gasteiger partial charge on any atom is -0.370 e. The van der Waals surface area contributed by atoms with Crippen LogP contribution in [0.4, 0.5) is 9.93 Å². The molecule has 0 aliphatic carbocycles. The summed E-state index contributed by atoms with van der Waals surface area (Å²) in [5.41, 5.74) is 1.93. The lowest BCUT2D eigenvalue weighted by Crippen LogP contribution is -2.35. The maximum absolute atomic E-state index is 13.2. The number of aromatic nitrogens is 2. The summed E-state index contributed by atoms with van der Waals surface area (Å²) in [4.78, 5) is 16.3. The molecular formula is C20H28N4O2S. The predicted octanol–water partition coefficient (Wildman–Crippen LogP) is 4.25. The third-order valence-corrected chi connectivity index (χ3v) is 6.12. The van der Waals surface area contributed by atoms with Crippen LogP contribution in [0.5, 0.6) is 0 Å². The van der Waals surface area contributed by atoms with Gasteiger partial charge in [-0.3, -0.25) is 0 Å². The average Bonchev–Trinajstić information content (AvgIpc) is 3.17. The number of amides is 2. The number of carbonyl (C=O) groups excluding carboxylic acids is 1. The van der Waals surface area contributed by atoms with Crippen molar-refractivity contribution in [2.24, 2.45) is 0 Å². The molecule has 2 atom stereocenters. The molecule has 0 bridgehead atoms. The van der Waals surface area contributed by atoms with Gasteiger partial charge >= 0.3 is 6.03 Å². The molecule has 1 aliphatic rings. The van der Waals surface area contributed by atoms with E-state index in [1.165, 1.54) is 16.2 Å². The number of aliphatic hydroxyl groups excluding tert-OH is 1. The van der Waals surface area contributed by atoms with E-state index < -0.39 is 12.3 Å². The third kappa shape index (κ3) is 3.84. The van der Waals surface area contributed by atoms with Gasteiger partial charge in [0.15, 0.2) is 6.23 Å². The second-order valence-corrected chi connectivity index (χ2v) is 9.06. The summed E-state index contributed by atoms with van der Waals surface area (Å²) in [6.45, 7) is 10.9. The van der Waals surface area contributed by atoms with Crippen LogP contribution in [0.25, 0.3) is 0 Å². The molecule has 1 N–H and O–H groups in total. The van der Waals surface area contributed by atoms with Crippen molar-refractivity contribution in [1.82, 2.24) is 15.1 Å². The van der Waals surface area contributed by atoms with Crippen molar-refractivity contribution in [2.45, 2.75) is 65.1 Å². The van der Waals surface area contributed by atoms with Crippen molar-refractivity contribution >= 4 is 22.5 Å². The lowest BCUT2D eigenvalue weighted by atomic mass is 9.98. The molecule has 1 fully saturated rings. The van der Waals surface area contributed by atoms with E-state index in [2.05, 4.69) is 37.9 Å². The highest BCUT2D eigenvalue weighted by atomic mass is 32.1. The second-order valence-electron chi connectivity index (χ2n) is 8.11. The molecule has 0 spiro atoms. The van der Waals surface area contributed by atoms with Gasteiger partial charge in [-0.25, -0.2) is 9.69 Å². The largest absolute Gasteiger partial charge is 0.370 e. The first-order valence-electron chi connectivity index (χ1n) is 9.42. The number of urea groups is 1. The molecule has 0 saturated carbocycles. The summed E-state index contributed by atoms with van der Waals surface area (Å²) < 4.78 is 0. The van der Waals surface area contributed by atoms with Gasteiger partial charge < -0.3 is 10.0 Å².